The van der Waals surface area contributed by atoms with Gasteiger partial charge >= 0.3 is 0 Å². The van der Waals surface area contributed by atoms with Crippen molar-refractivity contribution >= 4 is 6.21 Å². The molecule has 0 aliphatic carbocycles. The molecular weight excluding hydrogens is 257 g/mol. The van der Waals surface area contributed by atoms with Gasteiger partial charge in [0, 0.05) is 0 Å². The predicted molar refractivity (Wildman–Crippen MR) is 54.3 cm³/mol. The summed E-state index contributed by atoms with van der Waals surface area (Å²) < 4.78 is 64.4. The first-order valence-electron chi connectivity index (χ1n) is 4.77. The van der Waals surface area contributed by atoms with Gasteiger partial charge in [-0.1, -0.05) is 11.2 Å². The number of hydrogen-bond donors (Lipinski definition) is 0. The van der Waals surface area contributed by atoms with Crippen LogP contribution in [0.3, 0.4) is 0 Å². The summed E-state index contributed by atoms with van der Waals surface area (Å²) in [6, 6.07) is 0. The quantitative estimate of drug-likeness (QED) is 0.268. The highest BCUT2D eigenvalue weighted by Gasteiger charge is 2.25. The molecule has 18 heavy (non-hydrogen) atoms. The Bertz CT molecular complexity index is 470. The summed E-state index contributed by atoms with van der Waals surface area (Å²) in [5.41, 5.74) is -1.07. The largest absolute Gasteiger partial charge is 0.391 e. The normalized spacial score (nSPS) is 11.7. The molecule has 0 aliphatic heterocycles. The molecular formula is C11H8F5NO. The van der Waals surface area contributed by atoms with Crippen molar-refractivity contribution in [1.82, 2.24) is 0 Å². The Morgan fingerprint density at radius 1 is 0.944 bits per heavy atom. The molecule has 0 unspecified atom stereocenters. The maximum Gasteiger partial charge on any atom is 0.200 e. The molecule has 0 amide bonds. The van der Waals surface area contributed by atoms with E-state index in [1.807, 2.05) is 0 Å². The van der Waals surface area contributed by atoms with Crippen molar-refractivity contribution in [2.75, 3.05) is 0 Å². The van der Waals surface area contributed by atoms with E-state index < -0.39 is 41.3 Å². The Morgan fingerprint density at radius 3 is 1.94 bits per heavy atom. The van der Waals surface area contributed by atoms with Gasteiger partial charge in [0.2, 0.25) is 5.82 Å². The van der Waals surface area contributed by atoms with Crippen LogP contribution in [0.15, 0.2) is 17.3 Å². The van der Waals surface area contributed by atoms with Crippen LogP contribution in [0.2, 0.25) is 0 Å². The topological polar surface area (TPSA) is 21.6 Å². The van der Waals surface area contributed by atoms with Crippen LogP contribution in [0, 0.1) is 29.1 Å². The van der Waals surface area contributed by atoms with E-state index in [0.29, 0.717) is 0 Å². The number of oxime groups is 1. The van der Waals surface area contributed by atoms with Gasteiger partial charge in [-0.2, -0.15) is 0 Å². The molecule has 98 valence electrons. The highest BCUT2D eigenvalue weighted by molar-refractivity contribution is 5.70. The summed E-state index contributed by atoms with van der Waals surface area (Å²) >= 11 is 0. The molecule has 1 rings (SSSR count). The van der Waals surface area contributed by atoms with Crippen LogP contribution in [0.25, 0.3) is 0 Å². The van der Waals surface area contributed by atoms with Gasteiger partial charge in [0.1, 0.15) is 6.61 Å². The molecule has 0 aromatic heterocycles. The Balaban J connectivity index is 2.96. The van der Waals surface area contributed by atoms with Gasteiger partial charge in [-0.05, 0) is 13.0 Å². The monoisotopic (exact) mass is 265 g/mol. The van der Waals surface area contributed by atoms with Crippen molar-refractivity contribution in [3.63, 3.8) is 0 Å². The SMILES string of the molecule is C/C=C/C=N\OCc1c(F)c(F)c(F)c(F)c1F. The smallest absolute Gasteiger partial charge is 0.200 e. The summed E-state index contributed by atoms with van der Waals surface area (Å²) in [7, 11) is 0. The third-order valence-corrected chi connectivity index (χ3v) is 1.92. The van der Waals surface area contributed by atoms with E-state index in [-0.39, 0.29) is 0 Å². The molecule has 0 radical (unpaired) electrons. The Morgan fingerprint density at radius 2 is 1.44 bits per heavy atom. The highest BCUT2D eigenvalue weighted by Crippen LogP contribution is 2.23. The summed E-state index contributed by atoms with van der Waals surface area (Å²) in [6.07, 6.45) is 4.22. The molecule has 0 N–H and O–H groups in total. The lowest BCUT2D eigenvalue weighted by atomic mass is 10.2. The first-order valence-corrected chi connectivity index (χ1v) is 4.77. The second kappa shape index (κ2) is 6.13. The number of nitrogens with zero attached hydrogens (tertiary/aromatic N) is 1. The second-order valence-electron chi connectivity index (χ2n) is 3.10. The van der Waals surface area contributed by atoms with Gasteiger partial charge < -0.3 is 4.84 Å². The van der Waals surface area contributed by atoms with Gasteiger partial charge in [-0.15, -0.1) is 0 Å². The van der Waals surface area contributed by atoms with Crippen LogP contribution >= 0.6 is 0 Å². The fourth-order valence-corrected chi connectivity index (χ4v) is 1.04. The Kier molecular flexibility index (Phi) is 4.82. The molecule has 7 heteroatoms. The molecule has 0 aliphatic rings. The molecule has 1 aromatic rings. The van der Waals surface area contributed by atoms with Crippen LogP contribution < -0.4 is 0 Å². The number of hydrogen-bond acceptors (Lipinski definition) is 2. The summed E-state index contributed by atoms with van der Waals surface area (Å²) in [5, 5.41) is 3.24. The first kappa shape index (κ1) is 14.1. The average molecular weight is 265 g/mol. The number of benzene rings is 1. The van der Waals surface area contributed by atoms with Crippen LogP contribution in [-0.4, -0.2) is 6.21 Å². The van der Waals surface area contributed by atoms with Gasteiger partial charge in [-0.3, -0.25) is 0 Å². The molecule has 0 spiro atoms. The van der Waals surface area contributed by atoms with Crippen LogP contribution in [0.5, 0.6) is 0 Å². The third-order valence-electron chi connectivity index (χ3n) is 1.92. The lowest BCUT2D eigenvalue weighted by Crippen LogP contribution is -2.07. The Labute approximate surface area is 99.4 Å². The van der Waals surface area contributed by atoms with E-state index in [1.165, 1.54) is 6.08 Å². The van der Waals surface area contributed by atoms with E-state index in [1.54, 1.807) is 13.0 Å². The second-order valence-corrected chi connectivity index (χ2v) is 3.10. The Hall–Kier alpha value is -1.92. The molecule has 0 saturated heterocycles. The zero-order valence-corrected chi connectivity index (χ0v) is 9.18. The maximum absolute atomic E-state index is 13.1. The molecule has 0 saturated carbocycles. The van der Waals surface area contributed by atoms with Gasteiger partial charge in [0.25, 0.3) is 0 Å². The van der Waals surface area contributed by atoms with E-state index >= 15 is 0 Å². The van der Waals surface area contributed by atoms with E-state index in [4.69, 9.17) is 0 Å². The van der Waals surface area contributed by atoms with E-state index in [0.717, 1.165) is 6.21 Å². The van der Waals surface area contributed by atoms with E-state index in [2.05, 4.69) is 9.99 Å². The third kappa shape index (κ3) is 2.85. The van der Waals surface area contributed by atoms with Crippen molar-refractivity contribution in [3.8, 4) is 0 Å². The van der Waals surface area contributed by atoms with Crippen molar-refractivity contribution < 1.29 is 26.8 Å². The zero-order valence-electron chi connectivity index (χ0n) is 9.18. The molecule has 1 aromatic carbocycles. The maximum atomic E-state index is 13.1. The standard InChI is InChI=1S/C11H8F5NO/c1-2-3-4-17-18-5-6-7(12)9(14)11(16)10(15)8(6)13/h2-4H,5H2,1H3/b3-2+,17-4-. The van der Waals surface area contributed by atoms with Crippen LogP contribution in [0.1, 0.15) is 12.5 Å². The van der Waals surface area contributed by atoms with Crippen molar-refractivity contribution in [3.05, 3.63) is 46.8 Å². The van der Waals surface area contributed by atoms with E-state index in [9.17, 15) is 22.0 Å². The van der Waals surface area contributed by atoms with Crippen LogP contribution in [0.4, 0.5) is 22.0 Å². The molecule has 0 fully saturated rings. The highest BCUT2D eigenvalue weighted by atomic mass is 19.2. The first-order chi connectivity index (χ1) is 8.50. The molecule has 2 nitrogen and oxygen atoms in total. The van der Waals surface area contributed by atoms with Crippen molar-refractivity contribution in [2.45, 2.75) is 13.5 Å². The van der Waals surface area contributed by atoms with Gasteiger partial charge in [0.15, 0.2) is 23.3 Å². The fraction of sp³-hybridized carbons (Fsp3) is 0.182. The lowest BCUT2D eigenvalue weighted by Gasteiger charge is -2.06. The summed E-state index contributed by atoms with van der Waals surface area (Å²) in [4.78, 5) is 4.42. The number of halogens is 5. The molecule has 0 heterocycles. The lowest BCUT2D eigenvalue weighted by molar-refractivity contribution is 0.124. The van der Waals surface area contributed by atoms with Gasteiger partial charge in [0.05, 0.1) is 11.8 Å². The minimum Gasteiger partial charge on any atom is -0.391 e. The molecule has 0 atom stereocenters. The van der Waals surface area contributed by atoms with Crippen molar-refractivity contribution in [2.24, 2.45) is 5.16 Å². The fourth-order valence-electron chi connectivity index (χ4n) is 1.04. The number of allylic oxidation sites excluding steroid dienone is 2. The minimum atomic E-state index is -2.20. The summed E-state index contributed by atoms with van der Waals surface area (Å²) in [5.74, 6) is -10.1. The molecule has 0 bridgehead atoms. The van der Waals surface area contributed by atoms with Crippen molar-refractivity contribution in [1.29, 1.82) is 0 Å². The van der Waals surface area contributed by atoms with Gasteiger partial charge in [-0.25, -0.2) is 22.0 Å². The van der Waals surface area contributed by atoms with Crippen LogP contribution in [-0.2, 0) is 11.4 Å². The number of rotatable bonds is 4. The zero-order chi connectivity index (χ0) is 13.7. The summed E-state index contributed by atoms with van der Waals surface area (Å²) in [6.45, 7) is 0.829. The minimum absolute atomic E-state index is 0.861. The average Bonchev–Trinajstić information content (AvgIpc) is 2.37. The predicted octanol–water partition coefficient (Wildman–Crippen LogP) is 3.46.